The van der Waals surface area contributed by atoms with E-state index in [0.717, 1.165) is 12.5 Å². The lowest BCUT2D eigenvalue weighted by Crippen LogP contribution is -2.45. The molecule has 0 bridgehead atoms. The maximum atomic E-state index is 5.44. The molecule has 0 aliphatic carbocycles. The quantitative estimate of drug-likeness (QED) is 0.599. The monoisotopic (exact) mass is 320 g/mol. The van der Waals surface area contributed by atoms with Crippen molar-refractivity contribution in [3.8, 4) is 0 Å². The van der Waals surface area contributed by atoms with Crippen molar-refractivity contribution in [3.05, 3.63) is 29.3 Å². The zero-order chi connectivity index (χ0) is 17.5. The van der Waals surface area contributed by atoms with Gasteiger partial charge < -0.3 is 20.3 Å². The molecule has 1 aromatic carbocycles. The summed E-state index contributed by atoms with van der Waals surface area (Å²) >= 11 is 0. The molecule has 0 unspecified atom stereocenters. The lowest BCUT2D eigenvalue weighted by molar-refractivity contribution is 0.0268. The van der Waals surface area contributed by atoms with E-state index in [4.69, 9.17) is 9.73 Å². The van der Waals surface area contributed by atoms with E-state index < -0.39 is 0 Å². The number of methoxy groups -OCH3 is 1. The minimum atomic E-state index is -0.227. The van der Waals surface area contributed by atoms with Crippen LogP contribution in [-0.2, 0) is 11.3 Å². The highest BCUT2D eigenvalue weighted by Crippen LogP contribution is 2.21. The van der Waals surface area contributed by atoms with Crippen LogP contribution < -0.4 is 15.5 Å². The fraction of sp³-hybridized carbons (Fsp3) is 0.611. The van der Waals surface area contributed by atoms with Crippen LogP contribution in [0.25, 0.3) is 0 Å². The van der Waals surface area contributed by atoms with Crippen molar-refractivity contribution >= 4 is 11.6 Å². The predicted octanol–water partition coefficient (Wildman–Crippen LogP) is 2.54. The third-order valence-electron chi connectivity index (χ3n) is 3.71. The highest BCUT2D eigenvalue weighted by atomic mass is 16.5. The van der Waals surface area contributed by atoms with Crippen LogP contribution >= 0.6 is 0 Å². The van der Waals surface area contributed by atoms with E-state index in [-0.39, 0.29) is 5.60 Å². The molecule has 0 saturated heterocycles. The number of aliphatic imine (C=N–C) groups is 1. The topological polar surface area (TPSA) is 48.9 Å². The summed E-state index contributed by atoms with van der Waals surface area (Å²) in [6.45, 7) is 10.4. The van der Waals surface area contributed by atoms with Gasteiger partial charge in [-0.3, -0.25) is 0 Å². The van der Waals surface area contributed by atoms with Crippen molar-refractivity contribution < 1.29 is 4.74 Å². The fourth-order valence-corrected chi connectivity index (χ4v) is 2.10. The summed E-state index contributed by atoms with van der Waals surface area (Å²) < 4.78 is 5.44. The Hall–Kier alpha value is -1.75. The van der Waals surface area contributed by atoms with E-state index in [1.165, 1.54) is 16.8 Å². The summed E-state index contributed by atoms with van der Waals surface area (Å²) in [5.41, 5.74) is 3.45. The second-order valence-electron chi connectivity index (χ2n) is 6.54. The normalized spacial score (nSPS) is 12.2. The summed E-state index contributed by atoms with van der Waals surface area (Å²) in [5, 5.41) is 6.62. The maximum absolute atomic E-state index is 5.44. The second kappa shape index (κ2) is 8.77. The minimum Gasteiger partial charge on any atom is -0.377 e. The Morgan fingerprint density at radius 1 is 1.26 bits per heavy atom. The molecule has 0 aliphatic heterocycles. The van der Waals surface area contributed by atoms with Crippen LogP contribution in [0.15, 0.2) is 23.2 Å². The fourth-order valence-electron chi connectivity index (χ4n) is 2.10. The molecule has 0 radical (unpaired) electrons. The van der Waals surface area contributed by atoms with E-state index in [1.54, 1.807) is 7.11 Å². The highest BCUT2D eigenvalue weighted by Gasteiger charge is 2.16. The Kier molecular flexibility index (Phi) is 7.36. The van der Waals surface area contributed by atoms with E-state index in [9.17, 15) is 0 Å². The van der Waals surface area contributed by atoms with Gasteiger partial charge in [-0.25, -0.2) is 4.99 Å². The molecule has 0 atom stereocenters. The Bertz CT molecular complexity index is 524. The van der Waals surface area contributed by atoms with Gasteiger partial charge in [0.25, 0.3) is 0 Å². The molecule has 0 spiro atoms. The van der Waals surface area contributed by atoms with E-state index in [2.05, 4.69) is 61.7 Å². The van der Waals surface area contributed by atoms with Gasteiger partial charge in [-0.15, -0.1) is 0 Å². The number of nitrogens with zero attached hydrogens (tertiary/aromatic N) is 2. The van der Waals surface area contributed by atoms with Crippen LogP contribution in [-0.4, -0.2) is 45.9 Å². The molecule has 0 aliphatic rings. The Morgan fingerprint density at radius 2 is 1.96 bits per heavy atom. The highest BCUT2D eigenvalue weighted by molar-refractivity contribution is 5.80. The molecule has 0 heterocycles. The molecule has 5 nitrogen and oxygen atoms in total. The van der Waals surface area contributed by atoms with Crippen molar-refractivity contribution in [2.24, 2.45) is 4.99 Å². The summed E-state index contributed by atoms with van der Waals surface area (Å²) in [7, 11) is 5.85. The van der Waals surface area contributed by atoms with Gasteiger partial charge in [0.05, 0.1) is 12.1 Å². The molecule has 5 heteroatoms. The van der Waals surface area contributed by atoms with Crippen molar-refractivity contribution in [1.82, 2.24) is 10.6 Å². The number of guanidine groups is 1. The molecule has 0 amide bonds. The Balaban J connectivity index is 2.85. The Morgan fingerprint density at radius 3 is 2.52 bits per heavy atom. The predicted molar refractivity (Wildman–Crippen MR) is 99.4 cm³/mol. The standard InChI is InChI=1S/C18H32N4O/c1-8-19-17(21-13-18(3,4)23-7)20-12-15-10-9-14(2)11-16(15)22(5)6/h9-11H,8,12-13H2,1-7H3,(H2,19,20,21). The number of nitrogens with one attached hydrogen (secondary N) is 2. The lowest BCUT2D eigenvalue weighted by atomic mass is 10.1. The average molecular weight is 320 g/mol. The number of benzene rings is 1. The van der Waals surface area contributed by atoms with Gasteiger partial charge >= 0.3 is 0 Å². The molecule has 23 heavy (non-hydrogen) atoms. The molecule has 1 rings (SSSR count). The number of anilines is 1. The molecule has 2 N–H and O–H groups in total. The summed E-state index contributed by atoms with van der Waals surface area (Å²) in [4.78, 5) is 6.84. The van der Waals surface area contributed by atoms with Crippen LogP contribution in [0.2, 0.25) is 0 Å². The summed E-state index contributed by atoms with van der Waals surface area (Å²) in [6, 6.07) is 6.47. The third-order valence-corrected chi connectivity index (χ3v) is 3.71. The van der Waals surface area contributed by atoms with Gasteiger partial charge in [0.15, 0.2) is 5.96 Å². The number of aryl methyl sites for hydroxylation is 1. The molecule has 1 aromatic rings. The Labute approximate surface area is 141 Å². The minimum absolute atomic E-state index is 0.227. The first-order valence-electron chi connectivity index (χ1n) is 8.13. The number of rotatable bonds is 7. The smallest absolute Gasteiger partial charge is 0.191 e. The first kappa shape index (κ1) is 19.3. The van der Waals surface area contributed by atoms with Crippen molar-refractivity contribution in [3.63, 3.8) is 0 Å². The van der Waals surface area contributed by atoms with Crippen LogP contribution in [0.1, 0.15) is 31.9 Å². The summed E-state index contributed by atoms with van der Waals surface area (Å²) in [5.74, 6) is 0.808. The zero-order valence-electron chi connectivity index (χ0n) is 15.7. The molecule has 0 fully saturated rings. The van der Waals surface area contributed by atoms with Gasteiger partial charge in [0.1, 0.15) is 0 Å². The molecule has 0 saturated carbocycles. The van der Waals surface area contributed by atoms with Gasteiger partial charge in [-0.05, 0) is 44.9 Å². The van der Waals surface area contributed by atoms with Crippen molar-refractivity contribution in [2.75, 3.05) is 39.2 Å². The van der Waals surface area contributed by atoms with Crippen LogP contribution in [0.4, 0.5) is 5.69 Å². The van der Waals surface area contributed by atoms with Gasteiger partial charge in [0, 0.05) is 40.0 Å². The third kappa shape index (κ3) is 6.48. The lowest BCUT2D eigenvalue weighted by Gasteiger charge is -2.24. The van der Waals surface area contributed by atoms with Gasteiger partial charge in [-0.2, -0.15) is 0 Å². The first-order valence-corrected chi connectivity index (χ1v) is 8.13. The number of hydrogen-bond acceptors (Lipinski definition) is 3. The molecule has 130 valence electrons. The molecular weight excluding hydrogens is 288 g/mol. The number of hydrogen-bond donors (Lipinski definition) is 2. The van der Waals surface area contributed by atoms with E-state index in [0.29, 0.717) is 13.1 Å². The average Bonchev–Trinajstić information content (AvgIpc) is 2.50. The van der Waals surface area contributed by atoms with Gasteiger partial charge in [-0.1, -0.05) is 12.1 Å². The van der Waals surface area contributed by atoms with E-state index in [1.807, 2.05) is 13.8 Å². The van der Waals surface area contributed by atoms with Crippen molar-refractivity contribution in [2.45, 2.75) is 39.8 Å². The molecule has 0 aromatic heterocycles. The molecular formula is C18H32N4O. The maximum Gasteiger partial charge on any atom is 0.191 e. The second-order valence-corrected chi connectivity index (χ2v) is 6.54. The van der Waals surface area contributed by atoms with Crippen LogP contribution in [0.5, 0.6) is 0 Å². The van der Waals surface area contributed by atoms with Crippen LogP contribution in [0.3, 0.4) is 0 Å². The largest absolute Gasteiger partial charge is 0.377 e. The SMILES string of the molecule is CCNC(=NCc1ccc(C)cc1N(C)C)NCC(C)(C)OC. The first-order chi connectivity index (χ1) is 10.8. The summed E-state index contributed by atoms with van der Waals surface area (Å²) in [6.07, 6.45) is 0. The van der Waals surface area contributed by atoms with Crippen molar-refractivity contribution in [1.29, 1.82) is 0 Å². The van der Waals surface area contributed by atoms with Crippen LogP contribution in [0, 0.1) is 6.92 Å². The zero-order valence-corrected chi connectivity index (χ0v) is 15.7. The van der Waals surface area contributed by atoms with E-state index >= 15 is 0 Å². The number of ether oxygens (including phenoxy) is 1. The van der Waals surface area contributed by atoms with Gasteiger partial charge in [0.2, 0.25) is 0 Å².